The minimum Gasteiger partial charge on any atom is -0.354 e. The van der Waals surface area contributed by atoms with E-state index in [4.69, 9.17) is 0 Å². The molecule has 178 valence electrons. The van der Waals surface area contributed by atoms with Gasteiger partial charge in [0.05, 0.1) is 23.8 Å². The number of aromatic nitrogens is 3. The summed E-state index contributed by atoms with van der Waals surface area (Å²) in [7, 11) is 3.59. The maximum Gasteiger partial charge on any atom is 0.226 e. The number of hydrogen-bond acceptors (Lipinski definition) is 3. The fourth-order valence-electron chi connectivity index (χ4n) is 5.37. The van der Waals surface area contributed by atoms with Crippen LogP contribution in [0.25, 0.3) is 27.7 Å². The Morgan fingerprint density at radius 2 is 1.94 bits per heavy atom. The molecule has 0 bridgehead atoms. The number of piperidine rings is 1. The number of amides is 1. The highest BCUT2D eigenvalue weighted by molar-refractivity contribution is 5.93. The van der Waals surface area contributed by atoms with Gasteiger partial charge in [0, 0.05) is 41.8 Å². The van der Waals surface area contributed by atoms with Crippen molar-refractivity contribution in [1.82, 2.24) is 24.8 Å². The summed E-state index contributed by atoms with van der Waals surface area (Å²) in [5.74, 6) is 1.09. The van der Waals surface area contributed by atoms with Crippen molar-refractivity contribution in [2.45, 2.75) is 51.9 Å². The van der Waals surface area contributed by atoms with Gasteiger partial charge in [0.2, 0.25) is 5.91 Å². The number of nitrogens with zero attached hydrogens (tertiary/aromatic N) is 3. The fraction of sp³-hybridized carbons (Fsp3) is 0.429. The third kappa shape index (κ3) is 4.00. The Kier molecular flexibility index (Phi) is 5.94. The first-order valence-electron chi connectivity index (χ1n) is 12.4. The summed E-state index contributed by atoms with van der Waals surface area (Å²) in [6.45, 7) is 8.82. The highest BCUT2D eigenvalue weighted by Crippen LogP contribution is 2.38. The molecule has 4 aromatic rings. The van der Waals surface area contributed by atoms with Gasteiger partial charge in [-0.2, -0.15) is 5.10 Å². The number of pyridine rings is 1. The van der Waals surface area contributed by atoms with Crippen LogP contribution in [0.5, 0.6) is 0 Å². The van der Waals surface area contributed by atoms with Crippen molar-refractivity contribution >= 4 is 22.3 Å². The lowest BCUT2D eigenvalue weighted by molar-refractivity contribution is -0.127. The van der Waals surface area contributed by atoms with Gasteiger partial charge in [0.25, 0.3) is 0 Å². The molecule has 0 atom stereocenters. The Balaban J connectivity index is 1.63. The number of fused-ring (bicyclic) bond motifs is 2. The minimum absolute atomic E-state index is 0.0804. The van der Waals surface area contributed by atoms with Gasteiger partial charge >= 0.3 is 0 Å². The zero-order valence-electron chi connectivity index (χ0n) is 20.9. The normalized spacial score (nSPS) is 15.0. The Bertz CT molecular complexity index is 1350. The van der Waals surface area contributed by atoms with E-state index in [1.165, 1.54) is 40.6 Å². The standard InChI is InChI=1S/C28H35N5O/c1-17(2)27-23-13-20(19-8-10-29-11-9-19)6-7-24(23)31-28(27)21-12-18(3)33-25(14-21)22(16-30-33)15-26(34)32(4)5/h6-7,12-14,16-17,19,29,31H,8-11,15H2,1-5H3. The van der Waals surface area contributed by atoms with Gasteiger partial charge < -0.3 is 15.2 Å². The van der Waals surface area contributed by atoms with Crippen molar-refractivity contribution in [2.75, 3.05) is 27.2 Å². The van der Waals surface area contributed by atoms with Crippen molar-refractivity contribution in [3.8, 4) is 11.3 Å². The molecule has 4 heterocycles. The molecule has 1 amide bonds. The Hall–Kier alpha value is -3.12. The molecule has 1 aromatic carbocycles. The molecule has 1 fully saturated rings. The number of carbonyl (C=O) groups is 1. The summed E-state index contributed by atoms with van der Waals surface area (Å²) in [6, 6.07) is 11.4. The molecular weight excluding hydrogens is 422 g/mol. The molecule has 0 spiro atoms. The number of aromatic amines is 1. The van der Waals surface area contributed by atoms with Crippen molar-refractivity contribution < 1.29 is 4.79 Å². The third-order valence-corrected chi connectivity index (χ3v) is 7.26. The second-order valence-electron chi connectivity index (χ2n) is 10.2. The summed E-state index contributed by atoms with van der Waals surface area (Å²) in [5, 5.41) is 9.37. The first-order chi connectivity index (χ1) is 16.3. The Morgan fingerprint density at radius 1 is 1.18 bits per heavy atom. The molecule has 1 aliphatic heterocycles. The lowest BCUT2D eigenvalue weighted by Gasteiger charge is -2.23. The number of H-pyrrole nitrogens is 1. The summed E-state index contributed by atoms with van der Waals surface area (Å²) >= 11 is 0. The van der Waals surface area contributed by atoms with E-state index in [1.54, 1.807) is 19.0 Å². The summed E-state index contributed by atoms with van der Waals surface area (Å²) in [4.78, 5) is 17.8. The van der Waals surface area contributed by atoms with E-state index in [0.29, 0.717) is 18.3 Å². The number of rotatable bonds is 5. The largest absolute Gasteiger partial charge is 0.354 e. The molecule has 1 aliphatic rings. The van der Waals surface area contributed by atoms with E-state index in [2.05, 4.69) is 66.5 Å². The molecule has 5 rings (SSSR count). The van der Waals surface area contributed by atoms with Gasteiger partial charge in [0.1, 0.15) is 0 Å². The molecule has 2 N–H and O–H groups in total. The molecule has 6 nitrogen and oxygen atoms in total. The first-order valence-corrected chi connectivity index (χ1v) is 12.4. The van der Waals surface area contributed by atoms with Crippen molar-refractivity contribution in [1.29, 1.82) is 0 Å². The predicted octanol–water partition coefficient (Wildman–Crippen LogP) is 5.01. The van der Waals surface area contributed by atoms with Crippen LogP contribution in [0, 0.1) is 6.92 Å². The van der Waals surface area contributed by atoms with E-state index >= 15 is 0 Å². The lowest BCUT2D eigenvalue weighted by atomic mass is 9.88. The van der Waals surface area contributed by atoms with Crippen molar-refractivity contribution in [3.63, 3.8) is 0 Å². The highest BCUT2D eigenvalue weighted by atomic mass is 16.2. The fourth-order valence-corrected chi connectivity index (χ4v) is 5.37. The topological polar surface area (TPSA) is 65.4 Å². The number of likely N-dealkylation sites (N-methyl/N-ethyl adjacent to an activating group) is 1. The van der Waals surface area contributed by atoms with E-state index in [-0.39, 0.29) is 5.91 Å². The van der Waals surface area contributed by atoms with Crippen LogP contribution < -0.4 is 5.32 Å². The van der Waals surface area contributed by atoms with Crippen LogP contribution in [0.15, 0.2) is 36.5 Å². The molecule has 34 heavy (non-hydrogen) atoms. The quantitative estimate of drug-likeness (QED) is 0.443. The maximum atomic E-state index is 12.4. The highest BCUT2D eigenvalue weighted by Gasteiger charge is 2.21. The first kappa shape index (κ1) is 22.7. The van der Waals surface area contributed by atoms with Gasteiger partial charge in [-0.15, -0.1) is 0 Å². The second kappa shape index (κ2) is 8.91. The molecule has 1 saturated heterocycles. The molecule has 0 aliphatic carbocycles. The van der Waals surface area contributed by atoms with Crippen LogP contribution in [-0.2, 0) is 11.2 Å². The SMILES string of the molecule is Cc1cc(-c2[nH]c3ccc(C4CCNCC4)cc3c2C(C)C)cc2c(CC(=O)N(C)C)cnn12. The molecule has 6 heteroatoms. The molecular formula is C28H35N5O. The molecule has 0 unspecified atom stereocenters. The average molecular weight is 458 g/mol. The van der Waals surface area contributed by atoms with E-state index < -0.39 is 0 Å². The zero-order chi connectivity index (χ0) is 24.0. The van der Waals surface area contributed by atoms with E-state index in [1.807, 2.05) is 10.7 Å². The van der Waals surface area contributed by atoms with Crippen LogP contribution in [0.1, 0.15) is 60.9 Å². The van der Waals surface area contributed by atoms with Gasteiger partial charge in [-0.1, -0.05) is 19.9 Å². The maximum absolute atomic E-state index is 12.4. The predicted molar refractivity (Wildman–Crippen MR) is 139 cm³/mol. The lowest BCUT2D eigenvalue weighted by Crippen LogP contribution is -2.26. The Morgan fingerprint density at radius 3 is 2.65 bits per heavy atom. The van der Waals surface area contributed by atoms with Gasteiger partial charge in [-0.05, 0) is 80.1 Å². The summed E-state index contributed by atoms with van der Waals surface area (Å²) in [5.41, 5.74) is 9.32. The van der Waals surface area contributed by atoms with Crippen LogP contribution in [0.2, 0.25) is 0 Å². The number of benzene rings is 1. The summed E-state index contributed by atoms with van der Waals surface area (Å²) in [6.07, 6.45) is 4.58. The van der Waals surface area contributed by atoms with Gasteiger partial charge in [-0.25, -0.2) is 4.52 Å². The Labute approximate surface area is 201 Å². The molecule has 0 saturated carbocycles. The van der Waals surface area contributed by atoms with Crippen LogP contribution in [0.3, 0.4) is 0 Å². The van der Waals surface area contributed by atoms with Gasteiger partial charge in [-0.3, -0.25) is 4.79 Å². The average Bonchev–Trinajstić information content (AvgIpc) is 3.41. The van der Waals surface area contributed by atoms with Crippen molar-refractivity contribution in [3.05, 3.63) is 58.9 Å². The van der Waals surface area contributed by atoms with Crippen LogP contribution in [0.4, 0.5) is 0 Å². The zero-order valence-corrected chi connectivity index (χ0v) is 20.9. The van der Waals surface area contributed by atoms with Crippen molar-refractivity contribution in [2.24, 2.45) is 0 Å². The summed E-state index contributed by atoms with van der Waals surface area (Å²) < 4.78 is 1.94. The number of hydrogen-bond donors (Lipinski definition) is 2. The smallest absolute Gasteiger partial charge is 0.226 e. The molecule has 3 aromatic heterocycles. The number of aryl methyl sites for hydroxylation is 1. The third-order valence-electron chi connectivity index (χ3n) is 7.26. The second-order valence-corrected chi connectivity index (χ2v) is 10.2. The number of nitrogens with one attached hydrogen (secondary N) is 2. The monoisotopic (exact) mass is 457 g/mol. The molecule has 0 radical (unpaired) electrons. The van der Waals surface area contributed by atoms with Crippen LogP contribution >= 0.6 is 0 Å². The van der Waals surface area contributed by atoms with Gasteiger partial charge in [0.15, 0.2) is 0 Å². The van der Waals surface area contributed by atoms with Crippen LogP contribution in [-0.4, -0.2) is 52.6 Å². The number of carbonyl (C=O) groups excluding carboxylic acids is 1. The van der Waals surface area contributed by atoms with E-state index in [9.17, 15) is 4.79 Å². The minimum atomic E-state index is 0.0804. The van der Waals surface area contributed by atoms with E-state index in [0.717, 1.165) is 35.4 Å².